The minimum atomic E-state index is -0.334. The predicted molar refractivity (Wildman–Crippen MR) is 129 cm³/mol. The molecule has 3 heterocycles. The van der Waals surface area contributed by atoms with E-state index in [1.54, 1.807) is 12.1 Å². The van der Waals surface area contributed by atoms with Crippen molar-refractivity contribution in [2.75, 3.05) is 5.32 Å². The lowest BCUT2D eigenvalue weighted by atomic mass is 10.1. The van der Waals surface area contributed by atoms with Crippen LogP contribution in [0.4, 0.5) is 5.69 Å². The van der Waals surface area contributed by atoms with Crippen LogP contribution in [-0.2, 0) is 11.3 Å². The fourth-order valence-corrected chi connectivity index (χ4v) is 4.71. The van der Waals surface area contributed by atoms with Gasteiger partial charge in [0.05, 0.1) is 17.5 Å². The molecule has 1 amide bonds. The molecular formula is C24H17ClN4O2S. The molecule has 0 aliphatic rings. The Hall–Kier alpha value is -3.55. The van der Waals surface area contributed by atoms with Crippen LogP contribution in [0.1, 0.15) is 5.56 Å². The monoisotopic (exact) mass is 460 g/mol. The van der Waals surface area contributed by atoms with Gasteiger partial charge in [0.2, 0.25) is 5.91 Å². The van der Waals surface area contributed by atoms with Crippen molar-refractivity contribution >= 4 is 55.0 Å². The molecule has 0 atom stereocenters. The number of carbonyl (C=O) groups is 1. The highest BCUT2D eigenvalue weighted by Gasteiger charge is 2.15. The topological polar surface area (TPSA) is 76.9 Å². The number of thiophene rings is 1. The quantitative estimate of drug-likeness (QED) is 0.396. The highest BCUT2D eigenvalue weighted by molar-refractivity contribution is 7.25. The number of hydrogen-bond acceptors (Lipinski definition) is 5. The molecule has 0 aliphatic carbocycles. The maximum absolute atomic E-state index is 13.0. The van der Waals surface area contributed by atoms with Gasteiger partial charge in [0.1, 0.15) is 16.1 Å². The zero-order chi connectivity index (χ0) is 22.2. The third-order valence-electron chi connectivity index (χ3n) is 5.15. The average molecular weight is 461 g/mol. The normalized spacial score (nSPS) is 11.2. The van der Waals surface area contributed by atoms with Gasteiger partial charge in [0.15, 0.2) is 0 Å². The highest BCUT2D eigenvalue weighted by atomic mass is 35.5. The summed E-state index contributed by atoms with van der Waals surface area (Å²) in [5, 5.41) is 4.16. The fraction of sp³-hybridized carbons (Fsp3) is 0.0833. The van der Waals surface area contributed by atoms with Crippen molar-refractivity contribution in [1.82, 2.24) is 14.5 Å². The number of aryl methyl sites for hydroxylation is 1. The second kappa shape index (κ2) is 8.18. The molecule has 0 bridgehead atoms. The summed E-state index contributed by atoms with van der Waals surface area (Å²) in [7, 11) is 0. The van der Waals surface area contributed by atoms with Gasteiger partial charge >= 0.3 is 0 Å². The lowest BCUT2D eigenvalue weighted by molar-refractivity contribution is -0.116. The Morgan fingerprint density at radius 2 is 1.94 bits per heavy atom. The van der Waals surface area contributed by atoms with Crippen LogP contribution >= 0.6 is 22.9 Å². The predicted octanol–water partition coefficient (Wildman–Crippen LogP) is 5.27. The van der Waals surface area contributed by atoms with Crippen molar-refractivity contribution in [3.63, 3.8) is 0 Å². The second-order valence-corrected chi connectivity index (χ2v) is 8.79. The van der Waals surface area contributed by atoms with Crippen LogP contribution in [0.2, 0.25) is 5.02 Å². The first-order chi connectivity index (χ1) is 15.5. The Morgan fingerprint density at radius 3 is 2.72 bits per heavy atom. The lowest BCUT2D eigenvalue weighted by Gasteiger charge is -2.08. The maximum Gasteiger partial charge on any atom is 0.271 e. The number of nitrogens with zero attached hydrogens (tertiary/aromatic N) is 3. The Balaban J connectivity index is 1.46. The van der Waals surface area contributed by atoms with E-state index in [1.165, 1.54) is 22.2 Å². The van der Waals surface area contributed by atoms with Crippen molar-refractivity contribution in [3.05, 3.63) is 87.9 Å². The van der Waals surface area contributed by atoms with Crippen LogP contribution < -0.4 is 10.9 Å². The molecule has 0 aliphatic heterocycles. The van der Waals surface area contributed by atoms with Gasteiger partial charge in [-0.25, -0.2) is 9.97 Å². The van der Waals surface area contributed by atoms with E-state index in [2.05, 4.69) is 10.3 Å². The zero-order valence-electron chi connectivity index (χ0n) is 17.0. The lowest BCUT2D eigenvalue weighted by Crippen LogP contribution is -2.27. The number of rotatable bonds is 4. The summed E-state index contributed by atoms with van der Waals surface area (Å²) in [5.74, 6) is -0.334. The molecule has 32 heavy (non-hydrogen) atoms. The number of carbonyl (C=O) groups excluding carboxylic acids is 1. The molecule has 5 aromatic rings. The average Bonchev–Trinajstić information content (AvgIpc) is 3.17. The van der Waals surface area contributed by atoms with E-state index in [4.69, 9.17) is 16.6 Å². The van der Waals surface area contributed by atoms with Gasteiger partial charge in [-0.05, 0) is 36.8 Å². The summed E-state index contributed by atoms with van der Waals surface area (Å²) in [4.78, 5) is 35.4. The molecule has 158 valence electrons. The number of hydrogen-bond donors (Lipinski definition) is 1. The summed E-state index contributed by atoms with van der Waals surface area (Å²) in [5.41, 5.74) is 3.67. The van der Waals surface area contributed by atoms with Gasteiger partial charge in [-0.1, -0.05) is 48.0 Å². The summed E-state index contributed by atoms with van der Waals surface area (Å²) in [6, 6.07) is 19.0. The van der Waals surface area contributed by atoms with Crippen molar-refractivity contribution < 1.29 is 4.79 Å². The largest absolute Gasteiger partial charge is 0.324 e. The van der Waals surface area contributed by atoms with E-state index < -0.39 is 0 Å². The molecule has 3 aromatic heterocycles. The van der Waals surface area contributed by atoms with Gasteiger partial charge in [-0.3, -0.25) is 14.2 Å². The van der Waals surface area contributed by atoms with E-state index >= 15 is 0 Å². The summed E-state index contributed by atoms with van der Waals surface area (Å²) >= 11 is 7.41. The highest BCUT2D eigenvalue weighted by Crippen LogP contribution is 2.31. The Morgan fingerprint density at radius 1 is 1.12 bits per heavy atom. The molecule has 6 nitrogen and oxygen atoms in total. The van der Waals surface area contributed by atoms with Gasteiger partial charge in [-0.15, -0.1) is 11.3 Å². The molecule has 1 N–H and O–H groups in total. The zero-order valence-corrected chi connectivity index (χ0v) is 18.6. The SMILES string of the molecule is Cc1ccc(NC(=O)Cn2cnc3c(sc4nc(-c5ccccc5)ccc43)c2=O)cc1Cl. The fourth-order valence-electron chi connectivity index (χ4n) is 3.46. The van der Waals surface area contributed by atoms with Crippen LogP contribution in [0, 0.1) is 6.92 Å². The molecule has 8 heteroatoms. The minimum absolute atomic E-state index is 0.149. The van der Waals surface area contributed by atoms with Crippen molar-refractivity contribution in [2.45, 2.75) is 13.5 Å². The Bertz CT molecular complexity index is 1540. The third-order valence-corrected chi connectivity index (χ3v) is 6.63. The van der Waals surface area contributed by atoms with Crippen LogP contribution in [0.25, 0.3) is 31.7 Å². The minimum Gasteiger partial charge on any atom is -0.324 e. The first kappa shape index (κ1) is 20.4. The van der Waals surface area contributed by atoms with Crippen LogP contribution in [0.3, 0.4) is 0 Å². The summed E-state index contributed by atoms with van der Waals surface area (Å²) in [6.45, 7) is 1.74. The second-order valence-electron chi connectivity index (χ2n) is 7.38. The molecule has 0 saturated heterocycles. The molecule has 0 saturated carbocycles. The van der Waals surface area contributed by atoms with Gasteiger partial charge in [-0.2, -0.15) is 0 Å². The van der Waals surface area contributed by atoms with E-state index in [-0.39, 0.29) is 18.0 Å². The van der Waals surface area contributed by atoms with Crippen molar-refractivity contribution in [1.29, 1.82) is 0 Å². The van der Waals surface area contributed by atoms with Gasteiger partial charge < -0.3 is 5.32 Å². The molecule has 0 spiro atoms. The number of benzene rings is 2. The number of nitrogens with one attached hydrogen (secondary N) is 1. The Labute approximate surface area is 192 Å². The first-order valence-electron chi connectivity index (χ1n) is 9.90. The van der Waals surface area contributed by atoms with Crippen LogP contribution in [0.15, 0.2) is 71.8 Å². The van der Waals surface area contributed by atoms with E-state index in [9.17, 15) is 9.59 Å². The number of fused-ring (bicyclic) bond motifs is 3. The number of halogens is 1. The first-order valence-corrected chi connectivity index (χ1v) is 11.1. The number of aromatic nitrogens is 3. The third kappa shape index (κ3) is 3.77. The standard InChI is InChI=1S/C24H17ClN4O2S/c1-14-7-8-16(11-18(14)25)27-20(30)12-29-13-26-21-17-9-10-19(15-5-3-2-4-6-15)28-23(17)32-22(21)24(29)31/h2-11,13H,12H2,1H3,(H,27,30). The molecule has 0 fully saturated rings. The van der Waals surface area contributed by atoms with Crippen LogP contribution in [0.5, 0.6) is 0 Å². The van der Waals surface area contributed by atoms with E-state index in [0.717, 1.165) is 27.0 Å². The summed E-state index contributed by atoms with van der Waals surface area (Å²) < 4.78 is 1.78. The van der Waals surface area contributed by atoms with Gasteiger partial charge in [0, 0.05) is 21.7 Å². The van der Waals surface area contributed by atoms with Gasteiger partial charge in [0.25, 0.3) is 5.56 Å². The van der Waals surface area contributed by atoms with E-state index in [0.29, 0.717) is 20.9 Å². The van der Waals surface area contributed by atoms with E-state index in [1.807, 2.05) is 55.5 Å². The maximum atomic E-state index is 13.0. The van der Waals surface area contributed by atoms with Crippen molar-refractivity contribution in [2.24, 2.45) is 0 Å². The molecule has 2 aromatic carbocycles. The molecule has 0 unspecified atom stereocenters. The number of anilines is 1. The molecule has 5 rings (SSSR count). The summed E-state index contributed by atoms with van der Waals surface area (Å²) in [6.07, 6.45) is 1.41. The molecule has 0 radical (unpaired) electrons. The number of pyridine rings is 1. The smallest absolute Gasteiger partial charge is 0.271 e. The Kier molecular flexibility index (Phi) is 5.20. The molecular weight excluding hydrogens is 444 g/mol. The van der Waals surface area contributed by atoms with Crippen molar-refractivity contribution in [3.8, 4) is 11.3 Å². The van der Waals surface area contributed by atoms with Crippen LogP contribution in [-0.4, -0.2) is 20.4 Å². The number of amides is 1.